The third kappa shape index (κ3) is 4.98. The van der Waals surface area contributed by atoms with Crippen molar-refractivity contribution in [3.8, 4) is 0 Å². The van der Waals surface area contributed by atoms with E-state index in [9.17, 15) is 14.7 Å². The molecule has 4 rings (SSSR count). The van der Waals surface area contributed by atoms with Crippen LogP contribution in [0.25, 0.3) is 10.9 Å². The number of nitrogens with two attached hydrogens (primary N) is 1. The summed E-state index contributed by atoms with van der Waals surface area (Å²) in [7, 11) is 0. The minimum absolute atomic E-state index is 0.0142. The molecule has 168 valence electrons. The monoisotopic (exact) mass is 445 g/mol. The Morgan fingerprint density at radius 3 is 2.67 bits per heavy atom. The van der Waals surface area contributed by atoms with E-state index in [4.69, 9.17) is 16.0 Å². The van der Waals surface area contributed by atoms with Gasteiger partial charge >= 0.3 is 5.97 Å². The van der Waals surface area contributed by atoms with Crippen LogP contribution in [0.15, 0.2) is 65.9 Å². The van der Waals surface area contributed by atoms with E-state index in [0.717, 1.165) is 10.9 Å². The molecule has 1 amide bonds. The first-order valence-corrected chi connectivity index (χ1v) is 10.4. The molecular weight excluding hydrogens is 422 g/mol. The highest BCUT2D eigenvalue weighted by atomic mass is 16.6. The van der Waals surface area contributed by atoms with Gasteiger partial charge in [-0.05, 0) is 17.2 Å². The zero-order chi connectivity index (χ0) is 23.4. The van der Waals surface area contributed by atoms with Crippen molar-refractivity contribution >= 4 is 34.3 Å². The number of aromatic nitrogens is 1. The van der Waals surface area contributed by atoms with Crippen LogP contribution in [0.4, 0.5) is 0 Å². The molecule has 0 spiro atoms. The van der Waals surface area contributed by atoms with Crippen LogP contribution in [0.1, 0.15) is 35.4 Å². The van der Waals surface area contributed by atoms with Gasteiger partial charge in [0.15, 0.2) is 0 Å². The van der Waals surface area contributed by atoms with E-state index in [1.807, 2.05) is 12.1 Å². The van der Waals surface area contributed by atoms with Gasteiger partial charge in [0.2, 0.25) is 5.91 Å². The van der Waals surface area contributed by atoms with Crippen molar-refractivity contribution in [2.75, 3.05) is 6.54 Å². The molecule has 2 atom stereocenters. The standard InChI is InChI=1S/C24H23N5O4/c25-23(26)16-8-6-14(7-9-16)20-11-17(33-29-20)12-21(30)28-13-19(24(31)32)18-5-1-3-15-4-2-10-27-22(15)18/h1-10,17,19H,11-13H2,(H3,25,26)(H,28,30)(H,31,32)/t17?,19-/m1/s1. The molecule has 0 fully saturated rings. The SMILES string of the molecule is N=C(N)c1ccc(C2=NOC(CC(=O)NC[C@@H](C(=O)O)c3cccc4cccnc34)C2)cc1. The van der Waals surface area contributed by atoms with Crippen LogP contribution in [0.5, 0.6) is 0 Å². The number of nitrogens with zero attached hydrogens (tertiary/aromatic N) is 2. The topological polar surface area (TPSA) is 151 Å². The molecule has 1 aromatic heterocycles. The van der Waals surface area contributed by atoms with Gasteiger partial charge in [-0.15, -0.1) is 0 Å². The zero-order valence-electron chi connectivity index (χ0n) is 17.7. The number of hydrogen-bond donors (Lipinski definition) is 4. The number of nitrogen functional groups attached to an aromatic ring is 1. The molecule has 9 nitrogen and oxygen atoms in total. The Hall–Kier alpha value is -4.27. The number of aliphatic carboxylic acids is 1. The van der Waals surface area contributed by atoms with Gasteiger partial charge in [0.1, 0.15) is 17.9 Å². The number of carboxylic acids is 1. The number of amidine groups is 1. The number of nitrogens with one attached hydrogen (secondary N) is 2. The highest BCUT2D eigenvalue weighted by Crippen LogP contribution is 2.24. The van der Waals surface area contributed by atoms with Crippen molar-refractivity contribution in [3.05, 3.63) is 77.5 Å². The van der Waals surface area contributed by atoms with Crippen molar-refractivity contribution in [1.82, 2.24) is 10.3 Å². The number of carbonyl (C=O) groups is 2. The highest BCUT2D eigenvalue weighted by molar-refractivity contribution is 6.03. The number of hydrogen-bond acceptors (Lipinski definition) is 6. The normalized spacial score (nSPS) is 16.0. The van der Waals surface area contributed by atoms with Crippen molar-refractivity contribution in [2.45, 2.75) is 24.9 Å². The predicted molar refractivity (Wildman–Crippen MR) is 123 cm³/mol. The first kappa shape index (κ1) is 21.9. The van der Waals surface area contributed by atoms with Gasteiger partial charge in [0.05, 0.1) is 17.6 Å². The summed E-state index contributed by atoms with van der Waals surface area (Å²) in [5.41, 5.74) is 8.78. The van der Waals surface area contributed by atoms with Crippen molar-refractivity contribution in [1.29, 1.82) is 5.41 Å². The molecule has 2 aromatic carbocycles. The molecule has 33 heavy (non-hydrogen) atoms. The van der Waals surface area contributed by atoms with Gasteiger partial charge in [0.25, 0.3) is 0 Å². The summed E-state index contributed by atoms with van der Waals surface area (Å²) >= 11 is 0. The minimum Gasteiger partial charge on any atom is -0.481 e. The van der Waals surface area contributed by atoms with Crippen molar-refractivity contribution < 1.29 is 19.5 Å². The fourth-order valence-corrected chi connectivity index (χ4v) is 3.78. The van der Waals surface area contributed by atoms with Crippen LogP contribution >= 0.6 is 0 Å². The smallest absolute Gasteiger partial charge is 0.312 e. The average Bonchev–Trinajstić information content (AvgIpc) is 3.27. The fraction of sp³-hybridized carbons (Fsp3) is 0.208. The molecule has 3 aromatic rings. The van der Waals surface area contributed by atoms with Crippen LogP contribution in [-0.4, -0.2) is 46.2 Å². The second-order valence-electron chi connectivity index (χ2n) is 7.78. The fourth-order valence-electron chi connectivity index (χ4n) is 3.78. The maximum absolute atomic E-state index is 12.5. The molecule has 0 radical (unpaired) electrons. The summed E-state index contributed by atoms with van der Waals surface area (Å²) < 4.78 is 0. The number of carbonyl (C=O) groups excluding carboxylic acids is 1. The van der Waals surface area contributed by atoms with E-state index < -0.39 is 18.0 Å². The number of benzene rings is 2. The lowest BCUT2D eigenvalue weighted by molar-refractivity contribution is -0.138. The maximum atomic E-state index is 12.5. The largest absolute Gasteiger partial charge is 0.481 e. The summed E-state index contributed by atoms with van der Waals surface area (Å²) in [6.07, 6.45) is 1.68. The van der Waals surface area contributed by atoms with Crippen molar-refractivity contribution in [2.24, 2.45) is 10.9 Å². The highest BCUT2D eigenvalue weighted by Gasteiger charge is 2.27. The Balaban J connectivity index is 1.35. The number of pyridine rings is 1. The van der Waals surface area contributed by atoms with Gasteiger partial charge in [-0.3, -0.25) is 20.0 Å². The van der Waals surface area contributed by atoms with E-state index in [-0.39, 0.29) is 24.7 Å². The quantitative estimate of drug-likeness (QED) is 0.309. The lowest BCUT2D eigenvalue weighted by Gasteiger charge is -2.16. The number of fused-ring (bicyclic) bond motifs is 1. The second-order valence-corrected chi connectivity index (χ2v) is 7.78. The Labute approximate surface area is 189 Å². The Morgan fingerprint density at radius 2 is 1.94 bits per heavy atom. The van der Waals surface area contributed by atoms with Crippen LogP contribution in [0.2, 0.25) is 0 Å². The molecule has 0 aliphatic carbocycles. The lowest BCUT2D eigenvalue weighted by atomic mass is 9.96. The molecule has 9 heteroatoms. The van der Waals surface area contributed by atoms with Gasteiger partial charge in [0, 0.05) is 30.1 Å². The molecule has 0 saturated carbocycles. The average molecular weight is 445 g/mol. The molecule has 1 aliphatic heterocycles. The van der Waals surface area contributed by atoms with Crippen molar-refractivity contribution in [3.63, 3.8) is 0 Å². The third-order valence-corrected chi connectivity index (χ3v) is 5.52. The van der Waals surface area contributed by atoms with Gasteiger partial charge in [-0.1, -0.05) is 53.7 Å². The number of carboxylic acid groups (broad SMARTS) is 1. The van der Waals surface area contributed by atoms with Gasteiger partial charge in [-0.25, -0.2) is 0 Å². The number of para-hydroxylation sites is 1. The summed E-state index contributed by atoms with van der Waals surface area (Å²) in [5.74, 6) is -2.30. The Morgan fingerprint density at radius 1 is 1.18 bits per heavy atom. The summed E-state index contributed by atoms with van der Waals surface area (Å²) in [5, 5.41) is 24.8. The predicted octanol–water partition coefficient (Wildman–Crippen LogP) is 2.39. The van der Waals surface area contributed by atoms with Gasteiger partial charge < -0.3 is 21.0 Å². The van der Waals surface area contributed by atoms with Crippen LogP contribution < -0.4 is 11.1 Å². The maximum Gasteiger partial charge on any atom is 0.312 e. The molecule has 0 saturated heterocycles. The second kappa shape index (κ2) is 9.47. The van der Waals surface area contributed by atoms with E-state index in [2.05, 4.69) is 15.5 Å². The summed E-state index contributed by atoms with van der Waals surface area (Å²) in [6.45, 7) is -0.0587. The first-order valence-electron chi connectivity index (χ1n) is 10.4. The number of rotatable bonds is 8. The Bertz CT molecular complexity index is 1230. The Kier molecular flexibility index (Phi) is 6.30. The summed E-state index contributed by atoms with van der Waals surface area (Å²) in [6, 6.07) is 16.1. The molecular formula is C24H23N5O4. The molecule has 5 N–H and O–H groups in total. The van der Waals surface area contributed by atoms with E-state index in [1.165, 1.54) is 0 Å². The molecule has 2 heterocycles. The van der Waals surface area contributed by atoms with E-state index in [0.29, 0.717) is 28.8 Å². The number of oxime groups is 1. The van der Waals surface area contributed by atoms with E-state index >= 15 is 0 Å². The van der Waals surface area contributed by atoms with Gasteiger partial charge in [-0.2, -0.15) is 0 Å². The zero-order valence-corrected chi connectivity index (χ0v) is 17.7. The molecule has 0 bridgehead atoms. The first-order chi connectivity index (χ1) is 15.9. The third-order valence-electron chi connectivity index (χ3n) is 5.52. The molecule has 1 unspecified atom stereocenters. The lowest BCUT2D eigenvalue weighted by Crippen LogP contribution is -2.33. The summed E-state index contributed by atoms with van der Waals surface area (Å²) in [4.78, 5) is 34.1. The number of amides is 1. The molecule has 1 aliphatic rings. The van der Waals surface area contributed by atoms with E-state index in [1.54, 1.807) is 48.7 Å². The van der Waals surface area contributed by atoms with Crippen LogP contribution in [0.3, 0.4) is 0 Å². The van der Waals surface area contributed by atoms with Crippen LogP contribution in [0, 0.1) is 5.41 Å². The van der Waals surface area contributed by atoms with Crippen LogP contribution in [-0.2, 0) is 14.4 Å². The minimum atomic E-state index is -1.04.